The number of thiophene rings is 1. The van der Waals surface area contributed by atoms with Crippen molar-refractivity contribution in [3.05, 3.63) is 74.1 Å². The number of nitrogens with zero attached hydrogens (tertiary/aromatic N) is 2. The molecule has 2 amide bonds. The van der Waals surface area contributed by atoms with Crippen LogP contribution in [-0.4, -0.2) is 36.0 Å². The zero-order valence-corrected chi connectivity index (χ0v) is 18.2. The number of halogens is 1. The van der Waals surface area contributed by atoms with Crippen LogP contribution in [0.4, 0.5) is 15.3 Å². The van der Waals surface area contributed by atoms with Gasteiger partial charge in [0, 0.05) is 18.0 Å². The standard InChI is InChI=1S/C19H15FN4O7S2/c20-10-1-3-11(4-2-10)33(29,30)23-8-7-12-14(9-23)32-19(16(12)17(21)25)22-18(26)13-5-6-15(31-13)24(27)28/h1-6H,7-9H2,(H2,21,25)(H,22,26). The number of nitrogens with one attached hydrogen (secondary N) is 1. The second-order valence-electron chi connectivity index (χ2n) is 6.96. The third-order valence-electron chi connectivity index (χ3n) is 4.94. The van der Waals surface area contributed by atoms with E-state index in [2.05, 4.69) is 5.32 Å². The van der Waals surface area contributed by atoms with E-state index in [1.165, 1.54) is 4.31 Å². The van der Waals surface area contributed by atoms with E-state index in [0.717, 1.165) is 47.7 Å². The Morgan fingerprint density at radius 1 is 1.21 bits per heavy atom. The number of fused-ring (bicyclic) bond motifs is 1. The summed E-state index contributed by atoms with van der Waals surface area (Å²) in [6.45, 7) is -0.0381. The highest BCUT2D eigenvalue weighted by molar-refractivity contribution is 7.89. The number of amides is 2. The van der Waals surface area contributed by atoms with Crippen LogP contribution in [0.5, 0.6) is 0 Å². The van der Waals surface area contributed by atoms with Gasteiger partial charge in [-0.05, 0) is 42.3 Å². The SMILES string of the molecule is NC(=O)c1c(NC(=O)c2ccc([N+](=O)[O-])o2)sc2c1CCN(S(=O)(=O)c1ccc(F)cc1)C2. The highest BCUT2D eigenvalue weighted by Crippen LogP contribution is 2.38. The third kappa shape index (κ3) is 4.22. The number of hydrogen-bond acceptors (Lipinski definition) is 8. The van der Waals surface area contributed by atoms with Crippen molar-refractivity contribution in [3.8, 4) is 0 Å². The van der Waals surface area contributed by atoms with Gasteiger partial charge in [-0.2, -0.15) is 4.31 Å². The molecule has 0 fully saturated rings. The van der Waals surface area contributed by atoms with Crippen molar-refractivity contribution in [2.75, 3.05) is 11.9 Å². The second kappa shape index (κ2) is 8.38. The lowest BCUT2D eigenvalue weighted by atomic mass is 10.0. The van der Waals surface area contributed by atoms with E-state index in [-0.39, 0.29) is 40.7 Å². The van der Waals surface area contributed by atoms with E-state index in [0.29, 0.717) is 10.4 Å². The zero-order valence-electron chi connectivity index (χ0n) is 16.6. The zero-order chi connectivity index (χ0) is 23.9. The van der Waals surface area contributed by atoms with E-state index in [1.807, 2.05) is 0 Å². The minimum Gasteiger partial charge on any atom is -0.395 e. The number of sulfonamides is 1. The fraction of sp³-hybridized carbons (Fsp3) is 0.158. The summed E-state index contributed by atoms with van der Waals surface area (Å²) in [5.74, 6) is -3.18. The quantitative estimate of drug-likeness (QED) is 0.392. The van der Waals surface area contributed by atoms with Crippen molar-refractivity contribution in [1.29, 1.82) is 0 Å². The number of nitrogens with two attached hydrogens (primary N) is 1. The lowest BCUT2D eigenvalue weighted by Gasteiger charge is -2.26. The molecule has 4 rings (SSSR count). The number of nitro groups is 1. The molecule has 3 heterocycles. The van der Waals surface area contributed by atoms with Gasteiger partial charge in [0.1, 0.15) is 15.7 Å². The lowest BCUT2D eigenvalue weighted by molar-refractivity contribution is -0.402. The maximum Gasteiger partial charge on any atom is 0.433 e. The van der Waals surface area contributed by atoms with Gasteiger partial charge in [0.05, 0.1) is 16.5 Å². The molecule has 0 spiro atoms. The molecule has 0 atom stereocenters. The first-order valence-electron chi connectivity index (χ1n) is 9.33. The average Bonchev–Trinajstić information content (AvgIpc) is 3.38. The molecular formula is C19H15FN4O7S2. The molecule has 0 aliphatic carbocycles. The molecule has 33 heavy (non-hydrogen) atoms. The van der Waals surface area contributed by atoms with Crippen LogP contribution < -0.4 is 11.1 Å². The molecule has 1 aliphatic rings. The van der Waals surface area contributed by atoms with Gasteiger partial charge in [-0.3, -0.25) is 19.7 Å². The van der Waals surface area contributed by atoms with Crippen molar-refractivity contribution in [1.82, 2.24) is 4.31 Å². The van der Waals surface area contributed by atoms with Gasteiger partial charge in [-0.1, -0.05) is 0 Å². The van der Waals surface area contributed by atoms with Crippen LogP contribution in [0.15, 0.2) is 45.7 Å². The van der Waals surface area contributed by atoms with Crippen molar-refractivity contribution in [3.63, 3.8) is 0 Å². The molecule has 1 aromatic carbocycles. The van der Waals surface area contributed by atoms with Gasteiger partial charge < -0.3 is 15.5 Å². The minimum absolute atomic E-state index is 0.0431. The summed E-state index contributed by atoms with van der Waals surface area (Å²) in [5, 5.41) is 13.3. The van der Waals surface area contributed by atoms with Crippen LogP contribution >= 0.6 is 11.3 Å². The van der Waals surface area contributed by atoms with Gasteiger partial charge in [0.25, 0.3) is 11.8 Å². The Kier molecular flexibility index (Phi) is 5.73. The van der Waals surface area contributed by atoms with E-state index in [1.54, 1.807) is 0 Å². The molecule has 3 N–H and O–H groups in total. The topological polar surface area (TPSA) is 166 Å². The molecule has 172 valence electrons. The first-order valence-corrected chi connectivity index (χ1v) is 11.6. The molecule has 3 aromatic rings. The molecular weight excluding hydrogens is 479 g/mol. The summed E-state index contributed by atoms with van der Waals surface area (Å²) < 4.78 is 45.1. The van der Waals surface area contributed by atoms with Crippen LogP contribution in [0.2, 0.25) is 0 Å². The molecule has 2 aromatic heterocycles. The third-order valence-corrected chi connectivity index (χ3v) is 7.93. The van der Waals surface area contributed by atoms with Gasteiger partial charge in [0.2, 0.25) is 10.0 Å². The summed E-state index contributed by atoms with van der Waals surface area (Å²) in [6, 6.07) is 6.55. The number of carbonyl (C=O) groups excluding carboxylic acids is 2. The first kappa shape index (κ1) is 22.6. The number of hydrogen-bond donors (Lipinski definition) is 2. The van der Waals surface area contributed by atoms with Crippen molar-refractivity contribution >= 4 is 44.1 Å². The Morgan fingerprint density at radius 2 is 1.91 bits per heavy atom. The molecule has 0 saturated heterocycles. The molecule has 0 saturated carbocycles. The van der Waals surface area contributed by atoms with E-state index in [9.17, 15) is 32.5 Å². The average molecular weight is 494 g/mol. The number of furan rings is 1. The molecule has 0 radical (unpaired) electrons. The molecule has 1 aliphatic heterocycles. The van der Waals surface area contributed by atoms with E-state index >= 15 is 0 Å². The number of carbonyl (C=O) groups is 2. The smallest absolute Gasteiger partial charge is 0.395 e. The maximum absolute atomic E-state index is 13.2. The van der Waals surface area contributed by atoms with Crippen LogP contribution in [0.3, 0.4) is 0 Å². The summed E-state index contributed by atoms with van der Waals surface area (Å²) in [4.78, 5) is 34.9. The van der Waals surface area contributed by atoms with Crippen LogP contribution in [0, 0.1) is 15.9 Å². The van der Waals surface area contributed by atoms with Crippen molar-refractivity contribution in [2.45, 2.75) is 17.9 Å². The Hall–Kier alpha value is -3.62. The number of rotatable bonds is 6. The molecule has 14 heteroatoms. The number of anilines is 1. The van der Waals surface area contributed by atoms with Gasteiger partial charge in [-0.15, -0.1) is 11.3 Å². The summed E-state index contributed by atoms with van der Waals surface area (Å²) in [7, 11) is -3.93. The van der Waals surface area contributed by atoms with Crippen LogP contribution in [0.25, 0.3) is 0 Å². The summed E-state index contributed by atoms with van der Waals surface area (Å²) in [6.07, 6.45) is 0.159. The minimum atomic E-state index is -3.93. The summed E-state index contributed by atoms with van der Waals surface area (Å²) >= 11 is 0.969. The van der Waals surface area contributed by atoms with Gasteiger partial charge in [0.15, 0.2) is 5.76 Å². The molecule has 11 nitrogen and oxygen atoms in total. The normalized spacial score (nSPS) is 14.0. The highest BCUT2D eigenvalue weighted by Gasteiger charge is 2.33. The molecule has 0 bridgehead atoms. The predicted octanol–water partition coefficient (Wildman–Crippen LogP) is 2.49. The first-order chi connectivity index (χ1) is 15.6. The van der Waals surface area contributed by atoms with Crippen molar-refractivity contribution in [2.24, 2.45) is 5.73 Å². The fourth-order valence-electron chi connectivity index (χ4n) is 3.40. The monoisotopic (exact) mass is 494 g/mol. The second-order valence-corrected chi connectivity index (χ2v) is 10.0. The Bertz CT molecular complexity index is 1380. The Balaban J connectivity index is 1.62. The predicted molar refractivity (Wildman–Crippen MR) is 114 cm³/mol. The highest BCUT2D eigenvalue weighted by atomic mass is 32.2. The van der Waals surface area contributed by atoms with Crippen LogP contribution in [-0.2, 0) is 23.0 Å². The molecule has 0 unspecified atom stereocenters. The van der Waals surface area contributed by atoms with Gasteiger partial charge >= 0.3 is 5.88 Å². The van der Waals surface area contributed by atoms with E-state index < -0.39 is 38.5 Å². The van der Waals surface area contributed by atoms with Crippen molar-refractivity contribution < 1.29 is 31.7 Å². The maximum atomic E-state index is 13.2. The number of primary amides is 1. The van der Waals surface area contributed by atoms with E-state index in [4.69, 9.17) is 10.2 Å². The Labute approximate surface area is 189 Å². The summed E-state index contributed by atoms with van der Waals surface area (Å²) in [5.41, 5.74) is 6.06. The fourth-order valence-corrected chi connectivity index (χ4v) is 6.16. The Morgan fingerprint density at radius 3 is 2.52 bits per heavy atom. The number of benzene rings is 1. The van der Waals surface area contributed by atoms with Gasteiger partial charge in [-0.25, -0.2) is 12.8 Å². The van der Waals surface area contributed by atoms with Crippen LogP contribution in [0.1, 0.15) is 31.4 Å². The largest absolute Gasteiger partial charge is 0.433 e. The lowest BCUT2D eigenvalue weighted by Crippen LogP contribution is -2.36.